The summed E-state index contributed by atoms with van der Waals surface area (Å²) in [4.78, 5) is 3.57. The van der Waals surface area contributed by atoms with Crippen molar-refractivity contribution in [2.45, 2.75) is 35.5 Å². The molecule has 1 aliphatic carbocycles. The Balaban J connectivity index is 1.93. The molecule has 7 heteroatoms. The molecule has 0 atom stereocenters. The summed E-state index contributed by atoms with van der Waals surface area (Å²) >= 11 is 16.9. The molecular weight excluding hydrogens is 309 g/mol. The second kappa shape index (κ2) is 6.13. The van der Waals surface area contributed by atoms with Crippen LogP contribution in [0, 0.1) is 12.5 Å². The quantitative estimate of drug-likeness (QED) is 0.599. The minimum Gasteiger partial charge on any atom is -0.417 e. The van der Waals surface area contributed by atoms with Crippen LogP contribution < -0.4 is 0 Å². The van der Waals surface area contributed by atoms with E-state index in [0.717, 1.165) is 25.7 Å². The van der Waals surface area contributed by atoms with E-state index in [1.54, 1.807) is 6.08 Å². The molecule has 0 N–H and O–H groups in total. The van der Waals surface area contributed by atoms with Gasteiger partial charge < -0.3 is 9.26 Å². The predicted octanol–water partition coefficient (Wildman–Crippen LogP) is 4.39. The van der Waals surface area contributed by atoms with Gasteiger partial charge in [-0.25, -0.2) is 6.57 Å². The normalized spacial score (nSPS) is 24.5. The zero-order chi connectivity index (χ0) is 13.9. The summed E-state index contributed by atoms with van der Waals surface area (Å²) in [6.45, 7) is 7.00. The maximum atomic E-state index is 7.00. The average molecular weight is 321 g/mol. The molecule has 0 radical (unpaired) electrons. The number of alkyl halides is 3. The molecule has 0 saturated heterocycles. The third-order valence-corrected chi connectivity index (χ3v) is 3.60. The topological polar surface area (TPSA) is 43.3 Å². The number of hydrogen-bond acceptors (Lipinski definition) is 3. The molecule has 1 fully saturated rings. The summed E-state index contributed by atoms with van der Waals surface area (Å²) in [6.07, 6.45) is 7.68. The molecule has 0 amide bonds. The monoisotopic (exact) mass is 319 g/mol. The molecule has 0 aromatic carbocycles. The first-order chi connectivity index (χ1) is 8.99. The van der Waals surface area contributed by atoms with E-state index in [9.17, 15) is 0 Å². The Kier molecular flexibility index (Phi) is 4.72. The average Bonchev–Trinajstić information content (AvgIpc) is 2.86. The highest BCUT2D eigenvalue weighted by atomic mass is 35.6. The Morgan fingerprint density at radius 1 is 1.21 bits per heavy atom. The van der Waals surface area contributed by atoms with Crippen molar-refractivity contribution in [2.24, 2.45) is 5.92 Å². The maximum Gasteiger partial charge on any atom is 0.268 e. The van der Waals surface area contributed by atoms with Crippen LogP contribution in [0.2, 0.25) is 0 Å². The van der Waals surface area contributed by atoms with Crippen LogP contribution in [-0.2, 0) is 3.79 Å². The van der Waals surface area contributed by atoms with Gasteiger partial charge in [0.15, 0.2) is 0 Å². The van der Waals surface area contributed by atoms with E-state index in [2.05, 4.69) is 15.0 Å². The van der Waals surface area contributed by atoms with Crippen LogP contribution in [0.5, 0.6) is 0 Å². The SMILES string of the molecule is [C-]#[N+]C1CCC(C=Cc2nnc(C(Cl)(Cl)Cl)o2)CC1. The zero-order valence-corrected chi connectivity index (χ0v) is 12.3. The molecule has 1 heterocycles. The van der Waals surface area contributed by atoms with Gasteiger partial charge in [0, 0.05) is 12.8 Å². The summed E-state index contributed by atoms with van der Waals surface area (Å²) in [6, 6.07) is 0.184. The van der Waals surface area contributed by atoms with Crippen molar-refractivity contribution in [3.63, 3.8) is 0 Å². The lowest BCUT2D eigenvalue weighted by Gasteiger charge is -2.18. The van der Waals surface area contributed by atoms with Crippen molar-refractivity contribution >= 4 is 40.9 Å². The molecule has 1 aromatic heterocycles. The van der Waals surface area contributed by atoms with Gasteiger partial charge in [-0.2, -0.15) is 0 Å². The Bertz CT molecular complexity index is 493. The number of hydrogen-bond donors (Lipinski definition) is 0. The third-order valence-electron chi connectivity index (χ3n) is 3.12. The molecule has 1 aromatic rings. The Morgan fingerprint density at radius 2 is 1.89 bits per heavy atom. The van der Waals surface area contributed by atoms with E-state index in [1.165, 1.54) is 0 Å². The van der Waals surface area contributed by atoms with Gasteiger partial charge in [0.2, 0.25) is 11.9 Å². The van der Waals surface area contributed by atoms with E-state index in [4.69, 9.17) is 45.8 Å². The Hall–Kier alpha value is -0.760. The van der Waals surface area contributed by atoms with Crippen molar-refractivity contribution in [3.8, 4) is 0 Å². The molecule has 0 bridgehead atoms. The van der Waals surface area contributed by atoms with Crippen LogP contribution in [0.3, 0.4) is 0 Å². The lowest BCUT2D eigenvalue weighted by atomic mass is 9.86. The van der Waals surface area contributed by atoms with Gasteiger partial charge >= 0.3 is 0 Å². The fraction of sp³-hybridized carbons (Fsp3) is 0.583. The lowest BCUT2D eigenvalue weighted by molar-refractivity contribution is 0.403. The summed E-state index contributed by atoms with van der Waals surface area (Å²) in [5.74, 6) is 0.739. The first-order valence-corrected chi connectivity index (χ1v) is 7.08. The highest BCUT2D eigenvalue weighted by molar-refractivity contribution is 6.66. The molecule has 0 spiro atoms. The van der Waals surface area contributed by atoms with Crippen LogP contribution >= 0.6 is 34.8 Å². The van der Waals surface area contributed by atoms with Crippen molar-refractivity contribution in [1.82, 2.24) is 10.2 Å². The zero-order valence-electron chi connectivity index (χ0n) is 10.0. The molecule has 102 valence electrons. The molecule has 4 nitrogen and oxygen atoms in total. The smallest absolute Gasteiger partial charge is 0.268 e. The van der Waals surface area contributed by atoms with Crippen LogP contribution in [-0.4, -0.2) is 16.2 Å². The highest BCUT2D eigenvalue weighted by Crippen LogP contribution is 2.37. The first kappa shape index (κ1) is 14.6. The van der Waals surface area contributed by atoms with E-state index in [1.807, 2.05) is 6.08 Å². The molecular formula is C12H12Cl3N3O. The minimum absolute atomic E-state index is 0.0335. The van der Waals surface area contributed by atoms with E-state index in [-0.39, 0.29) is 11.9 Å². The molecule has 19 heavy (non-hydrogen) atoms. The molecule has 0 unspecified atom stereocenters. The van der Waals surface area contributed by atoms with E-state index in [0.29, 0.717) is 11.8 Å². The Morgan fingerprint density at radius 3 is 2.42 bits per heavy atom. The van der Waals surface area contributed by atoms with Gasteiger partial charge in [-0.3, -0.25) is 0 Å². The highest BCUT2D eigenvalue weighted by Gasteiger charge is 2.30. The van der Waals surface area contributed by atoms with Crippen molar-refractivity contribution in [2.75, 3.05) is 0 Å². The van der Waals surface area contributed by atoms with Crippen LogP contribution in [0.25, 0.3) is 10.9 Å². The van der Waals surface area contributed by atoms with Gasteiger partial charge in [0.25, 0.3) is 9.68 Å². The standard InChI is InChI=1S/C12H12Cl3N3O/c1-16-9-5-2-8(3-6-9)4-7-10-17-18-11(19-10)12(13,14)15/h4,7-9H,2-3,5-6H2. The molecule has 2 rings (SSSR count). The lowest BCUT2D eigenvalue weighted by Crippen LogP contribution is -2.14. The van der Waals surface area contributed by atoms with Crippen LogP contribution in [0.1, 0.15) is 37.5 Å². The van der Waals surface area contributed by atoms with Gasteiger partial charge in [-0.15, -0.1) is 10.2 Å². The van der Waals surface area contributed by atoms with E-state index < -0.39 is 3.79 Å². The van der Waals surface area contributed by atoms with E-state index >= 15 is 0 Å². The minimum atomic E-state index is -1.69. The largest absolute Gasteiger partial charge is 0.417 e. The number of allylic oxidation sites excluding steroid dienone is 1. The van der Waals surface area contributed by atoms with Gasteiger partial charge in [-0.1, -0.05) is 40.9 Å². The summed E-state index contributed by atoms with van der Waals surface area (Å²) in [7, 11) is 0. The summed E-state index contributed by atoms with van der Waals surface area (Å²) < 4.78 is 3.54. The van der Waals surface area contributed by atoms with Crippen molar-refractivity contribution in [1.29, 1.82) is 0 Å². The number of nitrogens with zero attached hydrogens (tertiary/aromatic N) is 3. The molecule has 1 saturated carbocycles. The second-order valence-corrected chi connectivity index (χ2v) is 6.78. The van der Waals surface area contributed by atoms with Crippen LogP contribution in [0.4, 0.5) is 0 Å². The number of halogens is 3. The number of aromatic nitrogens is 2. The van der Waals surface area contributed by atoms with Gasteiger partial charge in [0.05, 0.1) is 0 Å². The summed E-state index contributed by atoms with van der Waals surface area (Å²) in [5, 5.41) is 7.47. The predicted molar refractivity (Wildman–Crippen MR) is 74.9 cm³/mol. The fourth-order valence-electron chi connectivity index (χ4n) is 2.06. The first-order valence-electron chi connectivity index (χ1n) is 5.94. The van der Waals surface area contributed by atoms with Gasteiger partial charge in [-0.05, 0) is 24.8 Å². The molecule has 0 aliphatic heterocycles. The second-order valence-electron chi connectivity index (χ2n) is 4.50. The van der Waals surface area contributed by atoms with Crippen molar-refractivity contribution < 1.29 is 4.42 Å². The maximum absolute atomic E-state index is 7.00. The van der Waals surface area contributed by atoms with Crippen LogP contribution in [0.15, 0.2) is 10.5 Å². The third kappa shape index (κ3) is 4.10. The Labute approximate surface area is 126 Å². The number of rotatable bonds is 2. The van der Waals surface area contributed by atoms with Gasteiger partial charge in [0.1, 0.15) is 0 Å². The summed E-state index contributed by atoms with van der Waals surface area (Å²) in [5.41, 5.74) is 0. The van der Waals surface area contributed by atoms with Crippen molar-refractivity contribution in [3.05, 3.63) is 29.3 Å². The fourth-order valence-corrected chi connectivity index (χ4v) is 2.29. The molecule has 1 aliphatic rings.